The first-order valence-corrected chi connectivity index (χ1v) is 10.5. The number of carbonyl (C=O) groups is 1. The summed E-state index contributed by atoms with van der Waals surface area (Å²) in [6, 6.07) is 11.7. The SMILES string of the molecule is Cc1cc(-c2cc(=O)n([C@@H](C)C(=O)Nc3ccc4c(c3)CCC4)nc2-c2ccco2)on1. The molecule has 0 aliphatic heterocycles. The predicted molar refractivity (Wildman–Crippen MR) is 118 cm³/mol. The van der Waals surface area contributed by atoms with Crippen molar-refractivity contribution in [3.8, 4) is 22.8 Å². The summed E-state index contributed by atoms with van der Waals surface area (Å²) >= 11 is 0. The van der Waals surface area contributed by atoms with Gasteiger partial charge in [0.2, 0.25) is 5.91 Å². The van der Waals surface area contributed by atoms with Gasteiger partial charge >= 0.3 is 0 Å². The highest BCUT2D eigenvalue weighted by molar-refractivity contribution is 5.93. The molecule has 1 aliphatic rings. The van der Waals surface area contributed by atoms with Gasteiger partial charge in [0.05, 0.1) is 17.5 Å². The lowest BCUT2D eigenvalue weighted by Gasteiger charge is -2.16. The molecule has 1 N–H and O–H groups in total. The van der Waals surface area contributed by atoms with Crippen molar-refractivity contribution in [2.24, 2.45) is 0 Å². The molecule has 5 rings (SSSR count). The first-order chi connectivity index (χ1) is 15.5. The smallest absolute Gasteiger partial charge is 0.268 e. The van der Waals surface area contributed by atoms with Gasteiger partial charge in [0.1, 0.15) is 11.7 Å². The van der Waals surface area contributed by atoms with Crippen molar-refractivity contribution in [3.63, 3.8) is 0 Å². The van der Waals surface area contributed by atoms with E-state index in [1.54, 1.807) is 32.0 Å². The third-order valence-corrected chi connectivity index (χ3v) is 5.72. The standard InChI is InChI=1S/C24H22N4O4/c1-14-11-21(32-27-14)19-13-22(29)28(26-23(19)20-7-4-10-31-20)15(2)24(30)25-18-9-8-16-5-3-6-17(16)12-18/h4,7-13,15H,3,5-6H2,1-2H3,(H,25,30)/t15-/m0/s1. The minimum atomic E-state index is -0.838. The van der Waals surface area contributed by atoms with Gasteiger partial charge in [-0.05, 0) is 68.5 Å². The van der Waals surface area contributed by atoms with Crippen molar-refractivity contribution < 1.29 is 13.7 Å². The summed E-state index contributed by atoms with van der Waals surface area (Å²) in [5, 5.41) is 11.3. The molecule has 8 nitrogen and oxygen atoms in total. The van der Waals surface area contributed by atoms with Gasteiger partial charge in [0.15, 0.2) is 11.5 Å². The maximum absolute atomic E-state index is 13.0. The molecule has 3 aromatic heterocycles. The van der Waals surface area contributed by atoms with E-state index in [1.165, 1.54) is 23.5 Å². The maximum atomic E-state index is 13.0. The van der Waals surface area contributed by atoms with Crippen LogP contribution in [0.4, 0.5) is 5.69 Å². The second-order valence-electron chi connectivity index (χ2n) is 8.00. The molecule has 0 saturated carbocycles. The lowest BCUT2D eigenvalue weighted by molar-refractivity contribution is -0.119. The van der Waals surface area contributed by atoms with Crippen LogP contribution in [-0.2, 0) is 17.6 Å². The molecule has 0 unspecified atom stereocenters. The number of carbonyl (C=O) groups excluding carboxylic acids is 1. The third-order valence-electron chi connectivity index (χ3n) is 5.72. The van der Waals surface area contributed by atoms with E-state index in [1.807, 2.05) is 12.1 Å². The Morgan fingerprint density at radius 3 is 2.72 bits per heavy atom. The van der Waals surface area contributed by atoms with Gasteiger partial charge in [-0.25, -0.2) is 4.68 Å². The van der Waals surface area contributed by atoms with Crippen LogP contribution in [0.3, 0.4) is 0 Å². The van der Waals surface area contributed by atoms with E-state index in [9.17, 15) is 9.59 Å². The topological polar surface area (TPSA) is 103 Å². The Morgan fingerprint density at radius 2 is 1.97 bits per heavy atom. The van der Waals surface area contributed by atoms with Crippen LogP contribution in [0.2, 0.25) is 0 Å². The maximum Gasteiger partial charge on any atom is 0.268 e. The Kier molecular flexibility index (Phi) is 4.97. The fourth-order valence-corrected chi connectivity index (χ4v) is 4.03. The van der Waals surface area contributed by atoms with Crippen LogP contribution in [0.15, 0.2) is 62.5 Å². The van der Waals surface area contributed by atoms with Crippen molar-refractivity contribution in [2.45, 2.75) is 39.2 Å². The molecule has 32 heavy (non-hydrogen) atoms. The molecule has 0 spiro atoms. The second-order valence-corrected chi connectivity index (χ2v) is 8.00. The molecular weight excluding hydrogens is 408 g/mol. The lowest BCUT2D eigenvalue weighted by atomic mass is 10.1. The predicted octanol–water partition coefficient (Wildman–Crippen LogP) is 4.16. The van der Waals surface area contributed by atoms with Gasteiger partial charge in [0.25, 0.3) is 5.56 Å². The van der Waals surface area contributed by atoms with Crippen LogP contribution in [0, 0.1) is 6.92 Å². The second kappa shape index (κ2) is 7.96. The van der Waals surface area contributed by atoms with Gasteiger partial charge in [-0.1, -0.05) is 11.2 Å². The van der Waals surface area contributed by atoms with Crippen LogP contribution in [0.1, 0.15) is 36.2 Å². The van der Waals surface area contributed by atoms with E-state index in [0.717, 1.165) is 29.6 Å². The number of amides is 1. The molecule has 1 aliphatic carbocycles. The van der Waals surface area contributed by atoms with Crippen LogP contribution >= 0.6 is 0 Å². The van der Waals surface area contributed by atoms with Crippen LogP contribution in [-0.4, -0.2) is 20.8 Å². The van der Waals surface area contributed by atoms with E-state index >= 15 is 0 Å². The van der Waals surface area contributed by atoms with Gasteiger partial charge < -0.3 is 14.3 Å². The molecule has 162 valence electrons. The Labute approximate surface area is 183 Å². The molecule has 1 aromatic carbocycles. The van der Waals surface area contributed by atoms with Crippen molar-refractivity contribution in [2.75, 3.05) is 5.32 Å². The lowest BCUT2D eigenvalue weighted by Crippen LogP contribution is -2.33. The number of hydrogen-bond donors (Lipinski definition) is 1. The van der Waals surface area contributed by atoms with E-state index in [2.05, 4.69) is 21.6 Å². The first kappa shape index (κ1) is 20.0. The molecule has 1 amide bonds. The summed E-state index contributed by atoms with van der Waals surface area (Å²) in [7, 11) is 0. The monoisotopic (exact) mass is 430 g/mol. The van der Waals surface area contributed by atoms with Gasteiger partial charge in [-0.15, -0.1) is 0 Å². The number of benzene rings is 1. The van der Waals surface area contributed by atoms with Gasteiger partial charge in [-0.2, -0.15) is 5.10 Å². The number of nitrogens with zero attached hydrogens (tertiary/aromatic N) is 3. The Morgan fingerprint density at radius 1 is 1.12 bits per heavy atom. The van der Waals surface area contributed by atoms with Crippen molar-refractivity contribution in [1.29, 1.82) is 0 Å². The summed E-state index contributed by atoms with van der Waals surface area (Å²) in [6.07, 6.45) is 4.75. The summed E-state index contributed by atoms with van der Waals surface area (Å²) in [6.45, 7) is 3.43. The van der Waals surface area contributed by atoms with Gasteiger partial charge in [-0.3, -0.25) is 9.59 Å². The minimum absolute atomic E-state index is 0.328. The quantitative estimate of drug-likeness (QED) is 0.510. The van der Waals surface area contributed by atoms with Crippen molar-refractivity contribution in [1.82, 2.24) is 14.9 Å². The molecule has 4 aromatic rings. The van der Waals surface area contributed by atoms with E-state index in [-0.39, 0.29) is 5.91 Å². The molecule has 0 bridgehead atoms. The number of aryl methyl sites for hydroxylation is 3. The number of rotatable bonds is 5. The van der Waals surface area contributed by atoms with Crippen molar-refractivity contribution in [3.05, 3.63) is 75.9 Å². The number of aromatic nitrogens is 3. The fraction of sp³-hybridized carbons (Fsp3) is 0.250. The van der Waals surface area contributed by atoms with Crippen LogP contribution < -0.4 is 10.9 Å². The Bertz CT molecular complexity index is 1350. The molecule has 1 atom stereocenters. The zero-order valence-electron chi connectivity index (χ0n) is 17.8. The fourth-order valence-electron chi connectivity index (χ4n) is 4.03. The van der Waals surface area contributed by atoms with Crippen molar-refractivity contribution >= 4 is 11.6 Å². The minimum Gasteiger partial charge on any atom is -0.463 e. The van der Waals surface area contributed by atoms with E-state index in [4.69, 9.17) is 8.94 Å². The number of fused-ring (bicyclic) bond motifs is 1. The van der Waals surface area contributed by atoms with E-state index in [0.29, 0.717) is 28.5 Å². The number of nitrogens with one attached hydrogen (secondary N) is 1. The third kappa shape index (κ3) is 3.64. The number of anilines is 1. The van der Waals surface area contributed by atoms with Gasteiger partial charge in [0, 0.05) is 17.8 Å². The van der Waals surface area contributed by atoms with Crippen LogP contribution in [0.25, 0.3) is 22.8 Å². The first-order valence-electron chi connectivity index (χ1n) is 10.5. The highest BCUT2D eigenvalue weighted by atomic mass is 16.5. The zero-order valence-corrected chi connectivity index (χ0v) is 17.8. The molecular formula is C24H22N4O4. The highest BCUT2D eigenvalue weighted by Crippen LogP contribution is 2.30. The molecule has 8 heteroatoms. The molecule has 0 saturated heterocycles. The highest BCUT2D eigenvalue weighted by Gasteiger charge is 2.23. The summed E-state index contributed by atoms with van der Waals surface area (Å²) in [5.41, 5.74) is 4.40. The molecule has 0 radical (unpaired) electrons. The number of furan rings is 1. The Hall–Kier alpha value is -3.94. The molecule has 0 fully saturated rings. The average Bonchev–Trinajstić information content (AvgIpc) is 3.54. The largest absolute Gasteiger partial charge is 0.463 e. The molecule has 3 heterocycles. The zero-order chi connectivity index (χ0) is 22.2. The summed E-state index contributed by atoms with van der Waals surface area (Å²) in [4.78, 5) is 25.9. The van der Waals surface area contributed by atoms with E-state index < -0.39 is 11.6 Å². The summed E-state index contributed by atoms with van der Waals surface area (Å²) < 4.78 is 12.0. The normalized spacial score (nSPS) is 13.7. The number of hydrogen-bond acceptors (Lipinski definition) is 6. The van der Waals surface area contributed by atoms with Crippen LogP contribution in [0.5, 0.6) is 0 Å². The summed E-state index contributed by atoms with van der Waals surface area (Å²) in [5.74, 6) is 0.529. The Balaban J connectivity index is 1.49. The average molecular weight is 430 g/mol.